The van der Waals surface area contributed by atoms with E-state index < -0.39 is 5.54 Å². The molecule has 0 bridgehead atoms. The molecule has 6 heteroatoms. The number of amides is 1. The van der Waals surface area contributed by atoms with E-state index >= 15 is 0 Å². The van der Waals surface area contributed by atoms with Gasteiger partial charge in [-0.2, -0.15) is 0 Å². The van der Waals surface area contributed by atoms with Crippen LogP contribution in [0.3, 0.4) is 0 Å². The van der Waals surface area contributed by atoms with Crippen molar-refractivity contribution >= 4 is 5.91 Å². The maximum absolute atomic E-state index is 12.3. The summed E-state index contributed by atoms with van der Waals surface area (Å²) in [6.45, 7) is 10.5. The lowest BCUT2D eigenvalue weighted by molar-refractivity contribution is -0.132. The molecule has 1 aliphatic rings. The average Bonchev–Trinajstić information content (AvgIpc) is 2.50. The molecule has 6 nitrogen and oxygen atoms in total. The minimum Gasteiger partial charge on any atom is -0.382 e. The van der Waals surface area contributed by atoms with Gasteiger partial charge in [0, 0.05) is 46.4 Å². The number of carbonyl (C=O) groups excluding carboxylic acids is 1. The Kier molecular flexibility index (Phi) is 8.84. The maximum Gasteiger partial charge on any atom is 0.239 e. The monoisotopic (exact) mass is 301 g/mol. The molecule has 21 heavy (non-hydrogen) atoms. The first kappa shape index (κ1) is 18.4. The lowest BCUT2D eigenvalue weighted by Crippen LogP contribution is -2.60. The maximum atomic E-state index is 12.3. The van der Waals surface area contributed by atoms with Crippen LogP contribution in [0.5, 0.6) is 0 Å². The lowest BCUT2D eigenvalue weighted by atomic mass is 10.0. The summed E-state index contributed by atoms with van der Waals surface area (Å²) in [5.41, 5.74) is -0.433. The van der Waals surface area contributed by atoms with Crippen molar-refractivity contribution in [2.75, 3.05) is 59.7 Å². The minimum atomic E-state index is -0.433. The molecule has 0 aromatic rings. The number of methoxy groups -OCH3 is 1. The molecule has 1 fully saturated rings. The summed E-state index contributed by atoms with van der Waals surface area (Å²) < 4.78 is 10.3. The zero-order valence-electron chi connectivity index (χ0n) is 13.7. The number of piperazine rings is 1. The van der Waals surface area contributed by atoms with Crippen LogP contribution < -0.4 is 10.6 Å². The van der Waals surface area contributed by atoms with Crippen LogP contribution >= 0.6 is 0 Å². The second-order valence-corrected chi connectivity index (χ2v) is 5.86. The number of hydrogen-bond acceptors (Lipinski definition) is 5. The minimum absolute atomic E-state index is 0.115. The summed E-state index contributed by atoms with van der Waals surface area (Å²) in [5, 5.41) is 6.35. The highest BCUT2D eigenvalue weighted by Crippen LogP contribution is 2.15. The van der Waals surface area contributed by atoms with Crippen LogP contribution in [0, 0.1) is 0 Å². The lowest BCUT2D eigenvalue weighted by Gasteiger charge is -2.39. The molecular formula is C15H31N3O3. The summed E-state index contributed by atoms with van der Waals surface area (Å²) in [6, 6.07) is 0. The van der Waals surface area contributed by atoms with Gasteiger partial charge >= 0.3 is 0 Å². The van der Waals surface area contributed by atoms with Gasteiger partial charge < -0.3 is 20.1 Å². The third kappa shape index (κ3) is 6.74. The SMILES string of the molecule is COCCOCCCCNC(=O)C(C)(C)N1CCNCC1. The fourth-order valence-corrected chi connectivity index (χ4v) is 2.36. The van der Waals surface area contributed by atoms with Crippen molar-refractivity contribution in [3.63, 3.8) is 0 Å². The third-order valence-corrected chi connectivity index (χ3v) is 3.90. The number of hydrogen-bond donors (Lipinski definition) is 2. The molecule has 1 saturated heterocycles. The van der Waals surface area contributed by atoms with Crippen molar-refractivity contribution in [3.8, 4) is 0 Å². The van der Waals surface area contributed by atoms with Crippen molar-refractivity contribution in [2.45, 2.75) is 32.2 Å². The Hall–Kier alpha value is -0.690. The molecule has 1 heterocycles. The molecule has 0 spiro atoms. The molecule has 0 unspecified atom stereocenters. The second-order valence-electron chi connectivity index (χ2n) is 5.86. The predicted molar refractivity (Wildman–Crippen MR) is 83.5 cm³/mol. The Morgan fingerprint density at radius 2 is 1.90 bits per heavy atom. The zero-order chi connectivity index (χ0) is 15.6. The van der Waals surface area contributed by atoms with Crippen LogP contribution in [-0.4, -0.2) is 76.0 Å². The quantitative estimate of drug-likeness (QED) is 0.566. The van der Waals surface area contributed by atoms with Crippen molar-refractivity contribution < 1.29 is 14.3 Å². The van der Waals surface area contributed by atoms with Gasteiger partial charge in [0.1, 0.15) is 0 Å². The number of nitrogens with one attached hydrogen (secondary N) is 2. The Morgan fingerprint density at radius 3 is 2.57 bits per heavy atom. The van der Waals surface area contributed by atoms with Crippen molar-refractivity contribution in [1.29, 1.82) is 0 Å². The van der Waals surface area contributed by atoms with E-state index in [0.29, 0.717) is 19.8 Å². The van der Waals surface area contributed by atoms with Crippen molar-refractivity contribution in [2.24, 2.45) is 0 Å². The fourth-order valence-electron chi connectivity index (χ4n) is 2.36. The fraction of sp³-hybridized carbons (Fsp3) is 0.933. The molecule has 0 saturated carbocycles. The number of rotatable bonds is 10. The van der Waals surface area contributed by atoms with Gasteiger partial charge in [-0.15, -0.1) is 0 Å². The molecule has 0 aliphatic carbocycles. The molecule has 1 aliphatic heterocycles. The first-order valence-electron chi connectivity index (χ1n) is 7.90. The summed E-state index contributed by atoms with van der Waals surface area (Å²) in [4.78, 5) is 14.6. The van der Waals surface area contributed by atoms with E-state index in [-0.39, 0.29) is 5.91 Å². The zero-order valence-corrected chi connectivity index (χ0v) is 13.7. The highest BCUT2D eigenvalue weighted by atomic mass is 16.5. The predicted octanol–water partition coefficient (Wildman–Crippen LogP) is 0.230. The standard InChI is InChI=1S/C15H31N3O3/c1-15(2,18-9-7-16-8-10-18)14(19)17-6-4-5-11-21-13-12-20-3/h16H,4-13H2,1-3H3,(H,17,19). The van der Waals surface area contributed by atoms with Gasteiger partial charge in [0.2, 0.25) is 5.91 Å². The van der Waals surface area contributed by atoms with Crippen LogP contribution in [0.2, 0.25) is 0 Å². The number of carbonyl (C=O) groups is 1. The normalized spacial score (nSPS) is 16.9. The highest BCUT2D eigenvalue weighted by Gasteiger charge is 2.34. The number of ether oxygens (including phenoxy) is 2. The van der Waals surface area contributed by atoms with Gasteiger partial charge in [-0.05, 0) is 26.7 Å². The molecule has 0 radical (unpaired) electrons. The van der Waals surface area contributed by atoms with Crippen LogP contribution in [0.15, 0.2) is 0 Å². The summed E-state index contributed by atoms with van der Waals surface area (Å²) in [6.07, 6.45) is 1.90. The van der Waals surface area contributed by atoms with Crippen molar-refractivity contribution in [3.05, 3.63) is 0 Å². The van der Waals surface area contributed by atoms with Crippen LogP contribution in [0.4, 0.5) is 0 Å². The summed E-state index contributed by atoms with van der Waals surface area (Å²) in [7, 11) is 1.67. The van der Waals surface area contributed by atoms with E-state index in [1.54, 1.807) is 7.11 Å². The van der Waals surface area contributed by atoms with Gasteiger partial charge in [-0.25, -0.2) is 0 Å². The van der Waals surface area contributed by atoms with Gasteiger partial charge in [0.05, 0.1) is 18.8 Å². The van der Waals surface area contributed by atoms with Crippen LogP contribution in [0.1, 0.15) is 26.7 Å². The first-order chi connectivity index (χ1) is 10.1. The second kappa shape index (κ2) is 10.1. The summed E-state index contributed by atoms with van der Waals surface area (Å²) >= 11 is 0. The average molecular weight is 301 g/mol. The molecule has 0 aromatic carbocycles. The van der Waals surface area contributed by atoms with Gasteiger partial charge in [-0.3, -0.25) is 9.69 Å². The topological polar surface area (TPSA) is 62.8 Å². The highest BCUT2D eigenvalue weighted by molar-refractivity contribution is 5.85. The molecule has 1 amide bonds. The molecule has 2 N–H and O–H groups in total. The largest absolute Gasteiger partial charge is 0.382 e. The first-order valence-corrected chi connectivity index (χ1v) is 7.90. The van der Waals surface area contributed by atoms with E-state index in [0.717, 1.165) is 45.6 Å². The Bertz CT molecular complexity index is 292. The molecule has 124 valence electrons. The third-order valence-electron chi connectivity index (χ3n) is 3.90. The molecule has 1 rings (SSSR count). The van der Waals surface area contributed by atoms with Gasteiger partial charge in [0.25, 0.3) is 0 Å². The van der Waals surface area contributed by atoms with E-state index in [4.69, 9.17) is 9.47 Å². The van der Waals surface area contributed by atoms with E-state index in [9.17, 15) is 4.79 Å². The van der Waals surface area contributed by atoms with E-state index in [1.165, 1.54) is 0 Å². The van der Waals surface area contributed by atoms with Gasteiger partial charge in [-0.1, -0.05) is 0 Å². The number of unbranched alkanes of at least 4 members (excludes halogenated alkanes) is 1. The molecule has 0 aromatic heterocycles. The Labute approximate surface area is 128 Å². The van der Waals surface area contributed by atoms with Crippen molar-refractivity contribution in [1.82, 2.24) is 15.5 Å². The van der Waals surface area contributed by atoms with E-state index in [2.05, 4.69) is 15.5 Å². The van der Waals surface area contributed by atoms with Crippen LogP contribution in [0.25, 0.3) is 0 Å². The Morgan fingerprint density at radius 1 is 1.19 bits per heavy atom. The van der Waals surface area contributed by atoms with E-state index in [1.807, 2.05) is 13.8 Å². The molecule has 0 atom stereocenters. The number of nitrogens with zero attached hydrogens (tertiary/aromatic N) is 1. The molecular weight excluding hydrogens is 270 g/mol. The smallest absolute Gasteiger partial charge is 0.239 e. The van der Waals surface area contributed by atoms with Gasteiger partial charge in [0.15, 0.2) is 0 Å². The van der Waals surface area contributed by atoms with Crippen LogP contribution in [-0.2, 0) is 14.3 Å². The summed E-state index contributed by atoms with van der Waals surface area (Å²) in [5.74, 6) is 0.115. The Balaban J connectivity index is 2.11.